The van der Waals surface area contributed by atoms with Crippen LogP contribution in [0.2, 0.25) is 5.02 Å². The standard InChI is InChI=1S/C21H19ClN4O/c22-19-12-17(6-5-15(19)13-23)25-7-9-26(10-8-25)21(27)11-16-14-24-20-4-2-1-3-18(16)20/h1-6,12,14,24H,7-11H2. The lowest BCUT2D eigenvalue weighted by atomic mass is 10.1. The van der Waals surface area contributed by atoms with Crippen molar-refractivity contribution >= 4 is 34.1 Å². The monoisotopic (exact) mass is 378 g/mol. The second-order valence-corrected chi connectivity index (χ2v) is 7.09. The Labute approximate surface area is 162 Å². The molecule has 2 aromatic carbocycles. The summed E-state index contributed by atoms with van der Waals surface area (Å²) in [4.78, 5) is 20.1. The predicted octanol–water partition coefficient (Wildman–Crippen LogP) is 3.58. The van der Waals surface area contributed by atoms with E-state index in [0.29, 0.717) is 30.1 Å². The van der Waals surface area contributed by atoms with E-state index >= 15 is 0 Å². The van der Waals surface area contributed by atoms with Crippen molar-refractivity contribution in [3.05, 3.63) is 64.8 Å². The Balaban J connectivity index is 1.39. The molecule has 1 aliphatic rings. The fourth-order valence-electron chi connectivity index (χ4n) is 3.56. The molecule has 136 valence electrons. The van der Waals surface area contributed by atoms with E-state index in [9.17, 15) is 4.79 Å². The van der Waals surface area contributed by atoms with Gasteiger partial charge in [0.15, 0.2) is 0 Å². The number of carbonyl (C=O) groups is 1. The summed E-state index contributed by atoms with van der Waals surface area (Å²) in [6.45, 7) is 2.86. The molecule has 3 aromatic rings. The summed E-state index contributed by atoms with van der Waals surface area (Å²) in [5.74, 6) is 0.150. The number of hydrogen-bond donors (Lipinski definition) is 1. The summed E-state index contributed by atoms with van der Waals surface area (Å²) in [5.41, 5.74) is 3.57. The fourth-order valence-corrected chi connectivity index (χ4v) is 3.78. The maximum atomic E-state index is 12.7. The number of nitriles is 1. The van der Waals surface area contributed by atoms with Gasteiger partial charge in [0.2, 0.25) is 5.91 Å². The maximum Gasteiger partial charge on any atom is 0.227 e. The molecular formula is C21H19ClN4O. The lowest BCUT2D eigenvalue weighted by Crippen LogP contribution is -2.49. The van der Waals surface area contributed by atoms with E-state index in [0.717, 1.165) is 35.2 Å². The summed E-state index contributed by atoms with van der Waals surface area (Å²) >= 11 is 6.14. The summed E-state index contributed by atoms with van der Waals surface area (Å²) in [7, 11) is 0. The molecule has 1 amide bonds. The predicted molar refractivity (Wildman–Crippen MR) is 107 cm³/mol. The molecule has 0 aliphatic carbocycles. The van der Waals surface area contributed by atoms with E-state index in [1.54, 1.807) is 6.07 Å². The van der Waals surface area contributed by atoms with Gasteiger partial charge in [0.05, 0.1) is 17.0 Å². The third kappa shape index (κ3) is 3.49. The molecule has 4 rings (SSSR count). The highest BCUT2D eigenvalue weighted by molar-refractivity contribution is 6.32. The fraction of sp³-hybridized carbons (Fsp3) is 0.238. The number of aromatic nitrogens is 1. The average molecular weight is 379 g/mol. The smallest absolute Gasteiger partial charge is 0.227 e. The average Bonchev–Trinajstić information content (AvgIpc) is 3.11. The Hall–Kier alpha value is -2.97. The molecule has 1 aliphatic heterocycles. The Bertz CT molecular complexity index is 1030. The van der Waals surface area contributed by atoms with Gasteiger partial charge in [-0.05, 0) is 29.8 Å². The molecule has 0 saturated carbocycles. The molecule has 5 nitrogen and oxygen atoms in total. The summed E-state index contributed by atoms with van der Waals surface area (Å²) in [6, 6.07) is 15.6. The number of para-hydroxylation sites is 1. The molecule has 1 N–H and O–H groups in total. The molecule has 0 unspecified atom stereocenters. The van der Waals surface area contributed by atoms with E-state index in [4.69, 9.17) is 16.9 Å². The van der Waals surface area contributed by atoms with Crippen molar-refractivity contribution in [3.63, 3.8) is 0 Å². The zero-order valence-corrected chi connectivity index (χ0v) is 15.5. The number of amides is 1. The third-order valence-electron chi connectivity index (χ3n) is 5.09. The van der Waals surface area contributed by atoms with Crippen LogP contribution in [0.25, 0.3) is 10.9 Å². The molecule has 27 heavy (non-hydrogen) atoms. The Kier molecular flexibility index (Phi) is 4.74. The largest absolute Gasteiger partial charge is 0.368 e. The number of hydrogen-bond acceptors (Lipinski definition) is 3. The highest BCUT2D eigenvalue weighted by Gasteiger charge is 2.22. The first-order chi connectivity index (χ1) is 13.2. The van der Waals surface area contributed by atoms with Gasteiger partial charge < -0.3 is 14.8 Å². The lowest BCUT2D eigenvalue weighted by molar-refractivity contribution is -0.130. The molecular weight excluding hydrogens is 360 g/mol. The lowest BCUT2D eigenvalue weighted by Gasteiger charge is -2.36. The topological polar surface area (TPSA) is 63.1 Å². The molecule has 0 radical (unpaired) electrons. The van der Waals surface area contributed by atoms with Crippen molar-refractivity contribution in [2.24, 2.45) is 0 Å². The number of anilines is 1. The number of H-pyrrole nitrogens is 1. The van der Waals surface area contributed by atoms with Crippen LogP contribution in [0.1, 0.15) is 11.1 Å². The van der Waals surface area contributed by atoms with E-state index in [1.165, 1.54) is 0 Å². The number of nitrogens with one attached hydrogen (secondary N) is 1. The van der Waals surface area contributed by atoms with Crippen LogP contribution in [0.5, 0.6) is 0 Å². The molecule has 0 bridgehead atoms. The first-order valence-electron chi connectivity index (χ1n) is 8.93. The van der Waals surface area contributed by atoms with Crippen molar-refractivity contribution in [2.45, 2.75) is 6.42 Å². The van der Waals surface area contributed by atoms with Crippen LogP contribution in [0, 0.1) is 11.3 Å². The van der Waals surface area contributed by atoms with Crippen LogP contribution in [0.15, 0.2) is 48.7 Å². The van der Waals surface area contributed by atoms with E-state index in [-0.39, 0.29) is 5.91 Å². The number of benzene rings is 2. The van der Waals surface area contributed by atoms with Gasteiger partial charge in [0.25, 0.3) is 0 Å². The van der Waals surface area contributed by atoms with Crippen LogP contribution in [-0.4, -0.2) is 42.0 Å². The number of fused-ring (bicyclic) bond motifs is 1. The zero-order chi connectivity index (χ0) is 18.8. The minimum absolute atomic E-state index is 0.150. The van der Waals surface area contributed by atoms with Crippen molar-refractivity contribution < 1.29 is 4.79 Å². The molecule has 0 atom stereocenters. The van der Waals surface area contributed by atoms with Crippen LogP contribution in [0.4, 0.5) is 5.69 Å². The number of piperazine rings is 1. The number of carbonyl (C=O) groups excluding carboxylic acids is 1. The molecule has 6 heteroatoms. The van der Waals surface area contributed by atoms with Crippen LogP contribution in [0.3, 0.4) is 0 Å². The molecule has 1 fully saturated rings. The minimum atomic E-state index is 0.150. The van der Waals surface area contributed by atoms with Gasteiger partial charge in [0, 0.05) is 49.0 Å². The van der Waals surface area contributed by atoms with Gasteiger partial charge in [0.1, 0.15) is 6.07 Å². The van der Waals surface area contributed by atoms with Gasteiger partial charge in [-0.2, -0.15) is 5.26 Å². The Morgan fingerprint density at radius 2 is 1.93 bits per heavy atom. The second-order valence-electron chi connectivity index (χ2n) is 6.68. The number of aromatic amines is 1. The van der Waals surface area contributed by atoms with Crippen molar-refractivity contribution in [2.75, 3.05) is 31.1 Å². The SMILES string of the molecule is N#Cc1ccc(N2CCN(C(=O)Cc3c[nH]c4ccccc34)CC2)cc1Cl. The second kappa shape index (κ2) is 7.34. The van der Waals surface area contributed by atoms with E-state index in [2.05, 4.69) is 16.0 Å². The first kappa shape index (κ1) is 17.4. The first-order valence-corrected chi connectivity index (χ1v) is 9.31. The number of rotatable bonds is 3. The van der Waals surface area contributed by atoms with Gasteiger partial charge in [-0.1, -0.05) is 29.8 Å². The summed E-state index contributed by atoms with van der Waals surface area (Å²) < 4.78 is 0. The Morgan fingerprint density at radius 3 is 2.67 bits per heavy atom. The van der Waals surface area contributed by atoms with Gasteiger partial charge in [-0.3, -0.25) is 4.79 Å². The van der Waals surface area contributed by atoms with Crippen molar-refractivity contribution in [1.29, 1.82) is 5.26 Å². The van der Waals surface area contributed by atoms with Gasteiger partial charge >= 0.3 is 0 Å². The van der Waals surface area contributed by atoms with E-state index < -0.39 is 0 Å². The van der Waals surface area contributed by atoms with Crippen LogP contribution < -0.4 is 4.90 Å². The molecule has 2 heterocycles. The van der Waals surface area contributed by atoms with Gasteiger partial charge in [-0.15, -0.1) is 0 Å². The van der Waals surface area contributed by atoms with Crippen LogP contribution in [-0.2, 0) is 11.2 Å². The van der Waals surface area contributed by atoms with Crippen molar-refractivity contribution in [1.82, 2.24) is 9.88 Å². The quantitative estimate of drug-likeness (QED) is 0.757. The molecule has 1 aromatic heterocycles. The minimum Gasteiger partial charge on any atom is -0.368 e. The molecule has 1 saturated heterocycles. The zero-order valence-electron chi connectivity index (χ0n) is 14.8. The van der Waals surface area contributed by atoms with E-state index in [1.807, 2.05) is 47.5 Å². The van der Waals surface area contributed by atoms with Crippen molar-refractivity contribution in [3.8, 4) is 6.07 Å². The maximum absolute atomic E-state index is 12.7. The summed E-state index contributed by atoms with van der Waals surface area (Å²) in [6.07, 6.45) is 2.34. The highest BCUT2D eigenvalue weighted by Crippen LogP contribution is 2.24. The number of nitrogens with zero attached hydrogens (tertiary/aromatic N) is 3. The van der Waals surface area contributed by atoms with Crippen LogP contribution >= 0.6 is 11.6 Å². The molecule has 0 spiro atoms. The van der Waals surface area contributed by atoms with Gasteiger partial charge in [-0.25, -0.2) is 0 Å². The summed E-state index contributed by atoms with van der Waals surface area (Å²) in [5, 5.41) is 10.6. The number of halogens is 1. The normalized spacial score (nSPS) is 14.4. The third-order valence-corrected chi connectivity index (χ3v) is 5.40. The highest BCUT2D eigenvalue weighted by atomic mass is 35.5. The Morgan fingerprint density at radius 1 is 1.15 bits per heavy atom.